The van der Waals surface area contributed by atoms with Crippen molar-refractivity contribution >= 4 is 35.6 Å². The lowest BCUT2D eigenvalue weighted by atomic mass is 10.1. The fourth-order valence-corrected chi connectivity index (χ4v) is 3.00. The summed E-state index contributed by atoms with van der Waals surface area (Å²) in [6.45, 7) is 0. The van der Waals surface area contributed by atoms with Crippen molar-refractivity contribution in [2.75, 3.05) is 4.90 Å². The molecule has 0 radical (unpaired) electrons. The molecule has 30 heavy (non-hydrogen) atoms. The smallest absolute Gasteiger partial charge is 0.335 e. The highest BCUT2D eigenvalue weighted by molar-refractivity contribution is 6.39. The molecule has 2 N–H and O–H groups in total. The zero-order valence-corrected chi connectivity index (χ0v) is 15.4. The molecule has 1 saturated heterocycles. The molecular weight excluding hydrogens is 388 g/mol. The lowest BCUT2D eigenvalue weighted by Crippen LogP contribution is -2.54. The minimum Gasteiger partial charge on any atom is -0.478 e. The van der Waals surface area contributed by atoms with Gasteiger partial charge in [-0.15, -0.1) is 0 Å². The Labute approximate surface area is 170 Å². The number of nitrogens with zero attached hydrogens (tertiary/aromatic N) is 1. The third-order valence-electron chi connectivity index (χ3n) is 4.42. The highest BCUT2D eigenvalue weighted by Crippen LogP contribution is 2.26. The first-order chi connectivity index (χ1) is 14.4. The summed E-state index contributed by atoms with van der Waals surface area (Å²) in [6.07, 6.45) is 1.24. The summed E-state index contributed by atoms with van der Waals surface area (Å²) in [4.78, 5) is 49.2. The number of urea groups is 1. The van der Waals surface area contributed by atoms with Crippen LogP contribution < -0.4 is 10.2 Å². The molecule has 0 spiro atoms. The maximum atomic E-state index is 12.8. The number of hydrogen-bond donors (Lipinski definition) is 2. The van der Waals surface area contributed by atoms with Crippen LogP contribution in [-0.4, -0.2) is 28.9 Å². The van der Waals surface area contributed by atoms with E-state index in [2.05, 4.69) is 5.32 Å². The van der Waals surface area contributed by atoms with Crippen LogP contribution in [0.4, 0.5) is 10.5 Å². The van der Waals surface area contributed by atoms with Gasteiger partial charge in [-0.1, -0.05) is 30.3 Å². The van der Waals surface area contributed by atoms with Crippen LogP contribution in [0.5, 0.6) is 0 Å². The van der Waals surface area contributed by atoms with Crippen LogP contribution in [0.3, 0.4) is 0 Å². The molecule has 3 aromatic rings. The first-order valence-corrected chi connectivity index (χ1v) is 8.84. The van der Waals surface area contributed by atoms with Crippen molar-refractivity contribution in [3.8, 4) is 11.3 Å². The van der Waals surface area contributed by atoms with Crippen molar-refractivity contribution in [3.05, 3.63) is 83.6 Å². The lowest BCUT2D eigenvalue weighted by Gasteiger charge is -2.26. The zero-order valence-electron chi connectivity index (χ0n) is 15.4. The van der Waals surface area contributed by atoms with Gasteiger partial charge < -0.3 is 9.52 Å². The molecule has 2 aromatic carbocycles. The van der Waals surface area contributed by atoms with Crippen molar-refractivity contribution in [2.24, 2.45) is 0 Å². The summed E-state index contributed by atoms with van der Waals surface area (Å²) in [5.74, 6) is -2.11. The zero-order chi connectivity index (χ0) is 21.3. The van der Waals surface area contributed by atoms with Crippen LogP contribution in [0.25, 0.3) is 17.4 Å². The van der Waals surface area contributed by atoms with Gasteiger partial charge in [0.2, 0.25) is 0 Å². The van der Waals surface area contributed by atoms with Gasteiger partial charge in [-0.25, -0.2) is 14.5 Å². The monoisotopic (exact) mass is 402 g/mol. The number of aromatic carboxylic acids is 1. The molecule has 4 amide bonds. The van der Waals surface area contributed by atoms with E-state index in [9.17, 15) is 19.2 Å². The largest absolute Gasteiger partial charge is 0.478 e. The number of furan rings is 1. The number of nitrogens with one attached hydrogen (secondary N) is 1. The molecule has 8 nitrogen and oxygen atoms in total. The van der Waals surface area contributed by atoms with Gasteiger partial charge in [0.15, 0.2) is 0 Å². The second-order valence-electron chi connectivity index (χ2n) is 6.38. The number of carbonyl (C=O) groups excluding carboxylic acids is 3. The van der Waals surface area contributed by atoms with Crippen LogP contribution in [-0.2, 0) is 9.59 Å². The van der Waals surface area contributed by atoms with Gasteiger partial charge >= 0.3 is 12.0 Å². The Balaban J connectivity index is 1.67. The number of rotatable bonds is 4. The Morgan fingerprint density at radius 1 is 0.967 bits per heavy atom. The second-order valence-corrected chi connectivity index (χ2v) is 6.38. The van der Waals surface area contributed by atoms with Crippen molar-refractivity contribution in [1.29, 1.82) is 0 Å². The van der Waals surface area contributed by atoms with Gasteiger partial charge in [-0.05, 0) is 42.5 Å². The molecule has 0 saturated carbocycles. The molecule has 0 atom stereocenters. The molecule has 1 aliphatic rings. The predicted octanol–water partition coefficient (Wildman–Crippen LogP) is 3.31. The summed E-state index contributed by atoms with van der Waals surface area (Å²) in [5, 5.41) is 11.3. The molecule has 1 aliphatic heterocycles. The summed E-state index contributed by atoms with van der Waals surface area (Å²) < 4.78 is 5.67. The van der Waals surface area contributed by atoms with Crippen LogP contribution >= 0.6 is 0 Å². The maximum Gasteiger partial charge on any atom is 0.335 e. The SMILES string of the molecule is O=C1NC(=O)N(c2ccccc2)C(=O)/C1=C\c1ccc(-c2cccc(C(=O)O)c2)o1. The van der Waals surface area contributed by atoms with E-state index in [1.165, 1.54) is 18.2 Å². The van der Waals surface area contributed by atoms with Crippen LogP contribution in [0.15, 0.2) is 76.7 Å². The minimum absolute atomic E-state index is 0.0997. The van der Waals surface area contributed by atoms with Crippen molar-refractivity contribution in [1.82, 2.24) is 5.32 Å². The predicted molar refractivity (Wildman–Crippen MR) is 107 cm³/mol. The molecule has 4 rings (SSSR count). The number of para-hydroxylation sites is 1. The second kappa shape index (κ2) is 7.51. The van der Waals surface area contributed by atoms with E-state index in [1.807, 2.05) is 0 Å². The number of barbiturate groups is 1. The minimum atomic E-state index is -1.07. The average Bonchev–Trinajstić information content (AvgIpc) is 3.21. The standard InChI is InChI=1S/C22H14N2O6/c25-19-17(20(26)24(22(29)23-19)15-7-2-1-3-8-15)12-16-9-10-18(30-16)13-5-4-6-14(11-13)21(27)28/h1-12H,(H,27,28)(H,23,25,29)/b17-12-. The Hall–Kier alpha value is -4.46. The maximum absolute atomic E-state index is 12.8. The number of carbonyl (C=O) groups is 4. The van der Waals surface area contributed by atoms with Crippen LogP contribution in [0.2, 0.25) is 0 Å². The number of anilines is 1. The Bertz CT molecular complexity index is 1210. The number of imide groups is 2. The summed E-state index contributed by atoms with van der Waals surface area (Å²) in [5.41, 5.74) is 0.686. The Kier molecular flexibility index (Phi) is 4.73. The van der Waals surface area contributed by atoms with Gasteiger partial charge in [-0.2, -0.15) is 0 Å². The molecular formula is C22H14N2O6. The summed E-state index contributed by atoms with van der Waals surface area (Å²) in [6, 6.07) is 16.7. The van der Waals surface area contributed by atoms with E-state index in [0.717, 1.165) is 4.90 Å². The van der Waals surface area contributed by atoms with Crippen LogP contribution in [0, 0.1) is 0 Å². The number of benzene rings is 2. The summed E-state index contributed by atoms with van der Waals surface area (Å²) in [7, 11) is 0. The van der Waals surface area contributed by atoms with E-state index in [0.29, 0.717) is 17.0 Å². The van der Waals surface area contributed by atoms with Gasteiger partial charge in [-0.3, -0.25) is 14.9 Å². The van der Waals surface area contributed by atoms with E-state index in [-0.39, 0.29) is 16.9 Å². The van der Waals surface area contributed by atoms with Crippen molar-refractivity contribution in [3.63, 3.8) is 0 Å². The number of carboxylic acid groups (broad SMARTS) is 1. The number of hydrogen-bond acceptors (Lipinski definition) is 5. The average molecular weight is 402 g/mol. The first kappa shape index (κ1) is 18.9. The normalized spacial score (nSPS) is 15.4. The molecule has 1 fully saturated rings. The molecule has 0 unspecified atom stereocenters. The Morgan fingerprint density at radius 2 is 1.73 bits per heavy atom. The van der Waals surface area contributed by atoms with E-state index < -0.39 is 23.8 Å². The molecule has 8 heteroatoms. The van der Waals surface area contributed by atoms with E-state index in [4.69, 9.17) is 9.52 Å². The molecule has 148 valence electrons. The highest BCUT2D eigenvalue weighted by atomic mass is 16.4. The molecule has 2 heterocycles. The number of amides is 4. The topological polar surface area (TPSA) is 117 Å². The third kappa shape index (κ3) is 3.49. The van der Waals surface area contributed by atoms with Gasteiger partial charge in [0, 0.05) is 5.56 Å². The fraction of sp³-hybridized carbons (Fsp3) is 0. The number of carboxylic acids is 1. The van der Waals surface area contributed by atoms with E-state index >= 15 is 0 Å². The molecule has 0 aliphatic carbocycles. The van der Waals surface area contributed by atoms with E-state index in [1.54, 1.807) is 54.6 Å². The van der Waals surface area contributed by atoms with Gasteiger partial charge in [0.25, 0.3) is 11.8 Å². The first-order valence-electron chi connectivity index (χ1n) is 8.84. The molecule has 1 aromatic heterocycles. The van der Waals surface area contributed by atoms with Gasteiger partial charge in [0.05, 0.1) is 11.3 Å². The quantitative estimate of drug-likeness (QED) is 0.511. The third-order valence-corrected chi connectivity index (χ3v) is 4.42. The van der Waals surface area contributed by atoms with Crippen molar-refractivity contribution < 1.29 is 28.7 Å². The van der Waals surface area contributed by atoms with Crippen molar-refractivity contribution in [2.45, 2.75) is 0 Å². The highest BCUT2D eigenvalue weighted by Gasteiger charge is 2.36. The lowest BCUT2D eigenvalue weighted by molar-refractivity contribution is -0.122. The van der Waals surface area contributed by atoms with Crippen LogP contribution in [0.1, 0.15) is 16.1 Å². The van der Waals surface area contributed by atoms with Gasteiger partial charge in [0.1, 0.15) is 17.1 Å². The fourth-order valence-electron chi connectivity index (χ4n) is 3.00. The molecule has 0 bridgehead atoms. The summed E-state index contributed by atoms with van der Waals surface area (Å²) >= 11 is 0. The Morgan fingerprint density at radius 3 is 2.47 bits per heavy atom.